The Hall–Kier alpha value is -2.65. The fourth-order valence-electron chi connectivity index (χ4n) is 2.42. The van der Waals surface area contributed by atoms with Gasteiger partial charge in [0, 0.05) is 0 Å². The number of nitrogens with zero attached hydrogens (tertiary/aromatic N) is 1. The van der Waals surface area contributed by atoms with Gasteiger partial charge in [-0.1, -0.05) is 18.2 Å². The monoisotopic (exact) mass is 465 g/mol. The van der Waals surface area contributed by atoms with Gasteiger partial charge in [0.05, 0.1) is 15.9 Å². The van der Waals surface area contributed by atoms with Crippen LogP contribution in [0.5, 0.6) is 5.75 Å². The maximum Gasteiger partial charge on any atom is 0.341 e. The number of benzene rings is 2. The zero-order valence-electron chi connectivity index (χ0n) is 14.2. The Bertz CT molecular complexity index is 977. The lowest BCUT2D eigenvalue weighted by Gasteiger charge is -2.12. The van der Waals surface area contributed by atoms with Gasteiger partial charge >= 0.3 is 5.97 Å². The van der Waals surface area contributed by atoms with Gasteiger partial charge in [-0.2, -0.15) is 0 Å². The van der Waals surface area contributed by atoms with Crippen LogP contribution in [0.25, 0.3) is 6.08 Å². The van der Waals surface area contributed by atoms with E-state index in [1.54, 1.807) is 24.3 Å². The van der Waals surface area contributed by atoms with E-state index < -0.39 is 23.7 Å². The third kappa shape index (κ3) is 4.79. The molecule has 2 aromatic carbocycles. The summed E-state index contributed by atoms with van der Waals surface area (Å²) in [4.78, 5) is 36.7. The number of amides is 2. The number of carboxylic acid groups (broad SMARTS) is 1. The predicted octanol–water partition coefficient (Wildman–Crippen LogP) is 4.29. The second-order valence-electron chi connectivity index (χ2n) is 5.77. The molecule has 1 aliphatic heterocycles. The van der Waals surface area contributed by atoms with Crippen LogP contribution in [-0.2, 0) is 16.1 Å². The molecule has 3 rings (SSSR count). The first-order valence-electron chi connectivity index (χ1n) is 7.97. The number of hydrogen-bond acceptors (Lipinski definition) is 5. The zero-order valence-corrected chi connectivity index (χ0v) is 16.6. The molecule has 9 heteroatoms. The summed E-state index contributed by atoms with van der Waals surface area (Å²) in [5, 5.41) is 8.26. The van der Waals surface area contributed by atoms with Crippen molar-refractivity contribution in [1.82, 2.24) is 4.90 Å². The van der Waals surface area contributed by atoms with Crippen molar-refractivity contribution in [3.8, 4) is 5.75 Å². The van der Waals surface area contributed by atoms with E-state index in [2.05, 4.69) is 15.9 Å². The minimum Gasteiger partial charge on any atom is -0.481 e. The van der Waals surface area contributed by atoms with Gasteiger partial charge < -0.3 is 9.84 Å². The zero-order chi connectivity index (χ0) is 20.3. The first-order valence-corrected chi connectivity index (χ1v) is 9.58. The summed E-state index contributed by atoms with van der Waals surface area (Å²) in [6.45, 7) is -0.409. The van der Waals surface area contributed by atoms with Crippen LogP contribution in [0, 0.1) is 5.82 Å². The van der Waals surface area contributed by atoms with Crippen LogP contribution < -0.4 is 4.74 Å². The average Bonchev–Trinajstić information content (AvgIpc) is 2.90. The van der Waals surface area contributed by atoms with Gasteiger partial charge in [-0.25, -0.2) is 9.18 Å². The Morgan fingerprint density at radius 3 is 2.57 bits per heavy atom. The molecule has 1 N–H and O–H groups in total. The second-order valence-corrected chi connectivity index (χ2v) is 7.61. The molecule has 0 radical (unpaired) electrons. The minimum absolute atomic E-state index is 0.0634. The van der Waals surface area contributed by atoms with E-state index in [1.165, 1.54) is 24.3 Å². The lowest BCUT2D eigenvalue weighted by Crippen LogP contribution is -2.27. The highest BCUT2D eigenvalue weighted by molar-refractivity contribution is 9.10. The van der Waals surface area contributed by atoms with Crippen molar-refractivity contribution in [2.75, 3.05) is 6.61 Å². The molecule has 1 saturated heterocycles. The van der Waals surface area contributed by atoms with Gasteiger partial charge in [-0.3, -0.25) is 14.5 Å². The molecule has 0 aliphatic carbocycles. The molecular formula is C19H13BrFNO5S. The maximum absolute atomic E-state index is 13.0. The number of thioether (sulfide) groups is 1. The Morgan fingerprint density at radius 2 is 1.93 bits per heavy atom. The highest BCUT2D eigenvalue weighted by atomic mass is 79.9. The second kappa shape index (κ2) is 8.57. The number of carbonyl (C=O) groups excluding carboxylic acids is 2. The number of ether oxygens (including phenoxy) is 1. The van der Waals surface area contributed by atoms with Crippen molar-refractivity contribution in [3.63, 3.8) is 0 Å². The Labute approximate surface area is 172 Å². The first-order chi connectivity index (χ1) is 13.3. The number of aliphatic carboxylic acids is 1. The molecule has 0 bridgehead atoms. The SMILES string of the molecule is O=C(O)COc1ccc(/C=C2/SC(=O)N(Cc3ccc(F)cc3)C2=O)cc1Br. The Balaban J connectivity index is 1.75. The number of halogens is 2. The molecule has 2 aromatic rings. The van der Waals surface area contributed by atoms with Crippen LogP contribution in [0.4, 0.5) is 9.18 Å². The van der Waals surface area contributed by atoms with Crippen molar-refractivity contribution in [2.24, 2.45) is 0 Å². The van der Waals surface area contributed by atoms with Crippen LogP contribution in [0.2, 0.25) is 0 Å². The third-order valence-electron chi connectivity index (χ3n) is 3.73. The largest absolute Gasteiger partial charge is 0.481 e. The maximum atomic E-state index is 13.0. The fraction of sp³-hybridized carbons (Fsp3) is 0.105. The molecular weight excluding hydrogens is 453 g/mol. The number of rotatable bonds is 6. The first kappa shape index (κ1) is 20.1. The topological polar surface area (TPSA) is 83.9 Å². The molecule has 0 unspecified atom stereocenters. The van der Waals surface area contributed by atoms with E-state index in [1.807, 2.05) is 0 Å². The summed E-state index contributed by atoms with van der Waals surface area (Å²) in [6.07, 6.45) is 1.57. The molecule has 2 amide bonds. The molecule has 0 aromatic heterocycles. The summed E-state index contributed by atoms with van der Waals surface area (Å²) in [5.41, 5.74) is 1.29. The summed E-state index contributed by atoms with van der Waals surface area (Å²) in [7, 11) is 0. The molecule has 28 heavy (non-hydrogen) atoms. The molecule has 1 aliphatic rings. The fourth-order valence-corrected chi connectivity index (χ4v) is 3.77. The van der Waals surface area contributed by atoms with Crippen molar-refractivity contribution < 1.29 is 28.6 Å². The molecule has 0 saturated carbocycles. The van der Waals surface area contributed by atoms with Crippen molar-refractivity contribution >= 4 is 50.9 Å². The van der Waals surface area contributed by atoms with Gasteiger partial charge in [0.25, 0.3) is 11.1 Å². The average molecular weight is 466 g/mol. The summed E-state index contributed by atoms with van der Waals surface area (Å²) < 4.78 is 18.7. The lowest BCUT2D eigenvalue weighted by molar-refractivity contribution is -0.139. The van der Waals surface area contributed by atoms with Gasteiger partial charge in [-0.05, 0) is 69.2 Å². The van der Waals surface area contributed by atoms with Crippen LogP contribution in [-0.4, -0.2) is 33.7 Å². The van der Waals surface area contributed by atoms with Gasteiger partial charge in [-0.15, -0.1) is 0 Å². The normalized spacial score (nSPS) is 15.4. The number of hydrogen-bond donors (Lipinski definition) is 1. The Morgan fingerprint density at radius 1 is 1.21 bits per heavy atom. The minimum atomic E-state index is -1.09. The molecule has 6 nitrogen and oxygen atoms in total. The van der Waals surface area contributed by atoms with Crippen LogP contribution in [0.3, 0.4) is 0 Å². The van der Waals surface area contributed by atoms with E-state index in [-0.39, 0.29) is 17.3 Å². The molecule has 0 atom stereocenters. The van der Waals surface area contributed by atoms with Crippen LogP contribution in [0.1, 0.15) is 11.1 Å². The van der Waals surface area contributed by atoms with E-state index in [4.69, 9.17) is 9.84 Å². The summed E-state index contributed by atoms with van der Waals surface area (Å²) in [6, 6.07) is 10.5. The third-order valence-corrected chi connectivity index (χ3v) is 5.26. The summed E-state index contributed by atoms with van der Waals surface area (Å²) >= 11 is 4.11. The van der Waals surface area contributed by atoms with Crippen LogP contribution >= 0.6 is 27.7 Å². The van der Waals surface area contributed by atoms with Crippen molar-refractivity contribution in [2.45, 2.75) is 6.54 Å². The van der Waals surface area contributed by atoms with Gasteiger partial charge in [0.1, 0.15) is 11.6 Å². The molecule has 1 heterocycles. The van der Waals surface area contributed by atoms with Gasteiger partial charge in [0.2, 0.25) is 0 Å². The van der Waals surface area contributed by atoms with Crippen molar-refractivity contribution in [3.05, 3.63) is 68.8 Å². The smallest absolute Gasteiger partial charge is 0.341 e. The van der Waals surface area contributed by atoms with E-state index >= 15 is 0 Å². The Kier molecular flexibility index (Phi) is 6.15. The van der Waals surface area contributed by atoms with E-state index in [0.717, 1.165) is 16.7 Å². The lowest BCUT2D eigenvalue weighted by atomic mass is 10.2. The number of carboxylic acids is 1. The number of imide groups is 1. The predicted molar refractivity (Wildman–Crippen MR) is 105 cm³/mol. The van der Waals surface area contributed by atoms with Gasteiger partial charge in [0.15, 0.2) is 6.61 Å². The highest BCUT2D eigenvalue weighted by Crippen LogP contribution is 2.34. The quantitative estimate of drug-likeness (QED) is 0.640. The summed E-state index contributed by atoms with van der Waals surface area (Å²) in [5.74, 6) is -1.56. The van der Waals surface area contributed by atoms with E-state index in [9.17, 15) is 18.8 Å². The molecule has 144 valence electrons. The van der Waals surface area contributed by atoms with E-state index in [0.29, 0.717) is 21.3 Å². The molecule has 1 fully saturated rings. The van der Waals surface area contributed by atoms with Crippen LogP contribution in [0.15, 0.2) is 51.8 Å². The van der Waals surface area contributed by atoms with Crippen molar-refractivity contribution in [1.29, 1.82) is 0 Å². The standard InChI is InChI=1S/C19H13BrFNO5S/c20-14-7-12(3-6-15(14)27-10-17(23)24)8-16-18(25)22(19(26)28-16)9-11-1-4-13(21)5-2-11/h1-8H,9-10H2,(H,23,24)/b16-8+. The number of carbonyl (C=O) groups is 3. The highest BCUT2D eigenvalue weighted by Gasteiger charge is 2.35. The molecule has 0 spiro atoms.